The average molecular weight is 289 g/mol. The van der Waals surface area contributed by atoms with Crippen molar-refractivity contribution in [3.63, 3.8) is 0 Å². The third-order valence-electron chi connectivity index (χ3n) is 4.10. The minimum Gasteiger partial charge on any atom is -0.316 e. The summed E-state index contributed by atoms with van der Waals surface area (Å²) in [6.07, 6.45) is 2.76. The fraction of sp³-hybridized carbons (Fsp3) is 0.571. The van der Waals surface area contributed by atoms with Crippen LogP contribution in [0.3, 0.4) is 0 Å². The minimum absolute atomic E-state index is 0. The predicted octanol–water partition coefficient (Wildman–Crippen LogP) is 2.72. The summed E-state index contributed by atoms with van der Waals surface area (Å²) in [5.41, 5.74) is 2.06. The maximum atomic E-state index is 3.51. The molecule has 2 aliphatic rings. The lowest BCUT2D eigenvalue weighted by Crippen LogP contribution is -2.28. The van der Waals surface area contributed by atoms with Crippen LogP contribution in [0.15, 0.2) is 30.3 Å². The van der Waals surface area contributed by atoms with E-state index >= 15 is 0 Å². The van der Waals surface area contributed by atoms with Crippen LogP contribution < -0.4 is 5.32 Å². The first kappa shape index (κ1) is 15.8. The van der Waals surface area contributed by atoms with E-state index in [0.717, 1.165) is 6.54 Å². The topological polar surface area (TPSA) is 15.3 Å². The monoisotopic (exact) mass is 288 g/mol. The summed E-state index contributed by atoms with van der Waals surface area (Å²) in [7, 11) is 0. The fourth-order valence-corrected chi connectivity index (χ4v) is 3.15. The molecule has 2 fully saturated rings. The van der Waals surface area contributed by atoms with Gasteiger partial charge in [0.15, 0.2) is 0 Å². The molecule has 4 heteroatoms. The zero-order chi connectivity index (χ0) is 10.8. The van der Waals surface area contributed by atoms with E-state index < -0.39 is 0 Å². The van der Waals surface area contributed by atoms with Crippen molar-refractivity contribution in [3.8, 4) is 0 Å². The highest BCUT2D eigenvalue weighted by Gasteiger charge is 2.39. The summed E-state index contributed by atoms with van der Waals surface area (Å²) >= 11 is 0. The molecule has 0 unspecified atom stereocenters. The van der Waals surface area contributed by atoms with Gasteiger partial charge in [0.2, 0.25) is 0 Å². The van der Waals surface area contributed by atoms with E-state index in [0.29, 0.717) is 5.41 Å². The SMILES string of the molecule is Cl.Cl.c1ccc(CN2CC[C@]3(CCNC3)C2)cc1. The van der Waals surface area contributed by atoms with Crippen LogP contribution in [0.1, 0.15) is 18.4 Å². The normalized spacial score (nSPS) is 26.9. The molecule has 0 aromatic heterocycles. The molecule has 3 rings (SSSR count). The molecule has 0 aliphatic carbocycles. The van der Waals surface area contributed by atoms with Gasteiger partial charge in [-0.25, -0.2) is 0 Å². The molecule has 1 N–H and O–H groups in total. The molecular formula is C14H22Cl2N2. The van der Waals surface area contributed by atoms with Gasteiger partial charge >= 0.3 is 0 Å². The highest BCUT2D eigenvalue weighted by molar-refractivity contribution is 5.85. The van der Waals surface area contributed by atoms with Gasteiger partial charge in [-0.05, 0) is 36.9 Å². The zero-order valence-corrected chi connectivity index (χ0v) is 12.2. The third kappa shape index (κ3) is 3.39. The van der Waals surface area contributed by atoms with Gasteiger partial charge in [-0.15, -0.1) is 24.8 Å². The maximum absolute atomic E-state index is 3.51. The van der Waals surface area contributed by atoms with E-state index in [-0.39, 0.29) is 24.8 Å². The molecule has 2 saturated heterocycles. The van der Waals surface area contributed by atoms with Crippen molar-refractivity contribution in [1.29, 1.82) is 0 Å². The summed E-state index contributed by atoms with van der Waals surface area (Å²) < 4.78 is 0. The first-order valence-corrected chi connectivity index (χ1v) is 6.33. The number of likely N-dealkylation sites (tertiary alicyclic amines) is 1. The Balaban J connectivity index is 0.000000810. The maximum Gasteiger partial charge on any atom is 0.0233 e. The molecule has 0 amide bonds. The molecule has 2 heterocycles. The fourth-order valence-electron chi connectivity index (χ4n) is 3.15. The standard InChI is InChI=1S/C14H20N2.2ClH/c1-2-4-13(5-3-1)10-16-9-7-14(12-16)6-8-15-11-14;;/h1-5,15H,6-12H2;2*1H/t14-;;/m0../s1. The van der Waals surface area contributed by atoms with E-state index in [4.69, 9.17) is 0 Å². The molecular weight excluding hydrogens is 267 g/mol. The Kier molecular flexibility index (Phi) is 5.93. The van der Waals surface area contributed by atoms with Gasteiger partial charge in [-0.1, -0.05) is 30.3 Å². The molecule has 0 saturated carbocycles. The van der Waals surface area contributed by atoms with Gasteiger partial charge in [-0.2, -0.15) is 0 Å². The van der Waals surface area contributed by atoms with Gasteiger partial charge in [0.25, 0.3) is 0 Å². The summed E-state index contributed by atoms with van der Waals surface area (Å²) in [5.74, 6) is 0. The summed E-state index contributed by atoms with van der Waals surface area (Å²) in [6.45, 7) is 6.14. The highest BCUT2D eigenvalue weighted by Crippen LogP contribution is 2.36. The minimum atomic E-state index is 0. The van der Waals surface area contributed by atoms with E-state index in [1.54, 1.807) is 0 Å². The van der Waals surface area contributed by atoms with Crippen LogP contribution in [-0.2, 0) is 6.54 Å². The Morgan fingerprint density at radius 1 is 1.11 bits per heavy atom. The number of nitrogens with one attached hydrogen (secondary N) is 1. The Morgan fingerprint density at radius 2 is 1.89 bits per heavy atom. The lowest BCUT2D eigenvalue weighted by atomic mass is 9.87. The molecule has 1 aromatic carbocycles. The molecule has 1 aromatic rings. The number of hydrogen-bond acceptors (Lipinski definition) is 2. The summed E-state index contributed by atoms with van der Waals surface area (Å²) in [5, 5.41) is 3.51. The van der Waals surface area contributed by atoms with Gasteiger partial charge in [-0.3, -0.25) is 4.90 Å². The molecule has 18 heavy (non-hydrogen) atoms. The van der Waals surface area contributed by atoms with Crippen molar-refractivity contribution >= 4 is 24.8 Å². The Morgan fingerprint density at radius 3 is 2.56 bits per heavy atom. The van der Waals surface area contributed by atoms with Gasteiger partial charge in [0.1, 0.15) is 0 Å². The van der Waals surface area contributed by atoms with Crippen molar-refractivity contribution in [3.05, 3.63) is 35.9 Å². The molecule has 0 bridgehead atoms. The highest BCUT2D eigenvalue weighted by atomic mass is 35.5. The van der Waals surface area contributed by atoms with Crippen LogP contribution in [0.5, 0.6) is 0 Å². The average Bonchev–Trinajstić information content (AvgIpc) is 2.92. The van der Waals surface area contributed by atoms with Crippen LogP contribution >= 0.6 is 24.8 Å². The van der Waals surface area contributed by atoms with E-state index in [9.17, 15) is 0 Å². The summed E-state index contributed by atoms with van der Waals surface area (Å²) in [6, 6.07) is 10.8. The Labute approximate surface area is 122 Å². The first-order valence-electron chi connectivity index (χ1n) is 6.33. The number of rotatable bonds is 2. The number of hydrogen-bond donors (Lipinski definition) is 1. The van der Waals surface area contributed by atoms with E-state index in [2.05, 4.69) is 40.5 Å². The van der Waals surface area contributed by atoms with Crippen molar-refractivity contribution in [2.24, 2.45) is 5.41 Å². The Bertz CT molecular complexity index is 350. The van der Waals surface area contributed by atoms with Crippen molar-refractivity contribution in [1.82, 2.24) is 10.2 Å². The van der Waals surface area contributed by atoms with Gasteiger partial charge in [0, 0.05) is 19.6 Å². The molecule has 2 aliphatic heterocycles. The second kappa shape index (κ2) is 6.76. The van der Waals surface area contributed by atoms with Crippen LogP contribution in [0.25, 0.3) is 0 Å². The molecule has 1 atom stereocenters. The van der Waals surface area contributed by atoms with Gasteiger partial charge in [0.05, 0.1) is 0 Å². The second-order valence-electron chi connectivity index (χ2n) is 5.37. The predicted molar refractivity (Wildman–Crippen MR) is 80.8 cm³/mol. The van der Waals surface area contributed by atoms with Crippen molar-refractivity contribution < 1.29 is 0 Å². The van der Waals surface area contributed by atoms with Crippen LogP contribution in [0, 0.1) is 5.41 Å². The summed E-state index contributed by atoms with van der Waals surface area (Å²) in [4.78, 5) is 2.61. The molecule has 0 radical (unpaired) electrons. The van der Waals surface area contributed by atoms with Crippen LogP contribution in [0.2, 0.25) is 0 Å². The van der Waals surface area contributed by atoms with Gasteiger partial charge < -0.3 is 5.32 Å². The lowest BCUT2D eigenvalue weighted by Gasteiger charge is -2.22. The second-order valence-corrected chi connectivity index (χ2v) is 5.37. The Hall–Kier alpha value is -0.280. The van der Waals surface area contributed by atoms with Crippen molar-refractivity contribution in [2.75, 3.05) is 26.2 Å². The zero-order valence-electron chi connectivity index (χ0n) is 10.6. The van der Waals surface area contributed by atoms with Crippen molar-refractivity contribution in [2.45, 2.75) is 19.4 Å². The first-order chi connectivity index (χ1) is 7.86. The largest absolute Gasteiger partial charge is 0.316 e. The lowest BCUT2D eigenvalue weighted by molar-refractivity contribution is 0.268. The van der Waals surface area contributed by atoms with E-state index in [1.165, 1.54) is 44.6 Å². The van der Waals surface area contributed by atoms with Crippen LogP contribution in [0.4, 0.5) is 0 Å². The third-order valence-corrected chi connectivity index (χ3v) is 4.10. The number of benzene rings is 1. The van der Waals surface area contributed by atoms with E-state index in [1.807, 2.05) is 0 Å². The smallest absolute Gasteiger partial charge is 0.0233 e. The molecule has 1 spiro atoms. The van der Waals surface area contributed by atoms with Crippen LogP contribution in [-0.4, -0.2) is 31.1 Å². The quantitative estimate of drug-likeness (QED) is 0.900. The number of nitrogens with zero attached hydrogens (tertiary/aromatic N) is 1. The number of halogens is 2. The molecule has 2 nitrogen and oxygen atoms in total. The molecule has 102 valence electrons.